The number of carbonyl (C=O) groups is 3. The molecule has 1 atom stereocenters. The number of nitrogens with zero attached hydrogens (tertiary/aromatic N) is 3. The van der Waals surface area contributed by atoms with E-state index in [1.165, 1.54) is 10.7 Å². The molecule has 1 aromatic carbocycles. The van der Waals surface area contributed by atoms with Crippen molar-refractivity contribution < 1.29 is 19.1 Å². The largest absolute Gasteiger partial charge is 0.461 e. The summed E-state index contributed by atoms with van der Waals surface area (Å²) in [5.41, 5.74) is 0.681. The van der Waals surface area contributed by atoms with Gasteiger partial charge in [-0.05, 0) is 45.2 Å². The van der Waals surface area contributed by atoms with Gasteiger partial charge in [0.05, 0.1) is 13.2 Å². The summed E-state index contributed by atoms with van der Waals surface area (Å²) >= 11 is 0. The Morgan fingerprint density at radius 3 is 2.65 bits per heavy atom. The number of benzene rings is 1. The fraction of sp³-hybridized carbons (Fsp3) is 0.478. The first-order valence-electron chi connectivity index (χ1n) is 10.8. The molecule has 1 saturated carbocycles. The lowest BCUT2D eigenvalue weighted by molar-refractivity contribution is -0.127. The lowest BCUT2D eigenvalue weighted by Crippen LogP contribution is -2.65. The molecular formula is C23H28N4O4. The monoisotopic (exact) mass is 424 g/mol. The van der Waals surface area contributed by atoms with Gasteiger partial charge in [0, 0.05) is 17.8 Å². The van der Waals surface area contributed by atoms with Gasteiger partial charge in [-0.25, -0.2) is 4.79 Å². The molecule has 2 heterocycles. The Balaban J connectivity index is 1.78. The maximum atomic E-state index is 13.7. The van der Waals surface area contributed by atoms with Crippen LogP contribution in [0.3, 0.4) is 0 Å². The van der Waals surface area contributed by atoms with Crippen LogP contribution < -0.4 is 10.2 Å². The van der Waals surface area contributed by atoms with E-state index in [0.29, 0.717) is 5.69 Å². The zero-order chi connectivity index (χ0) is 22.2. The Morgan fingerprint density at radius 2 is 1.97 bits per heavy atom. The summed E-state index contributed by atoms with van der Waals surface area (Å²) in [6.07, 6.45) is 4.07. The van der Waals surface area contributed by atoms with Gasteiger partial charge in [0.1, 0.15) is 11.2 Å². The number of aryl methyl sites for hydroxylation is 1. The molecule has 0 saturated heterocycles. The fourth-order valence-electron chi connectivity index (χ4n) is 4.49. The normalized spacial score (nSPS) is 21.1. The Kier molecular flexibility index (Phi) is 5.56. The summed E-state index contributed by atoms with van der Waals surface area (Å²) < 4.78 is 6.50. The third-order valence-corrected chi connectivity index (χ3v) is 6.17. The van der Waals surface area contributed by atoms with Crippen molar-refractivity contribution in [2.45, 2.75) is 64.6 Å². The number of rotatable bonds is 5. The number of para-hydroxylation sites is 1. The molecule has 31 heavy (non-hydrogen) atoms. The third-order valence-electron chi connectivity index (χ3n) is 6.17. The van der Waals surface area contributed by atoms with Crippen molar-refractivity contribution >= 4 is 23.5 Å². The average Bonchev–Trinajstić information content (AvgIpc) is 3.39. The van der Waals surface area contributed by atoms with Gasteiger partial charge in [0.25, 0.3) is 5.91 Å². The number of hydrogen-bond acceptors (Lipinski definition) is 5. The van der Waals surface area contributed by atoms with Crippen LogP contribution in [0.25, 0.3) is 0 Å². The number of amides is 2. The van der Waals surface area contributed by atoms with Crippen molar-refractivity contribution in [3.8, 4) is 0 Å². The van der Waals surface area contributed by atoms with Crippen LogP contribution in [0.15, 0.2) is 30.3 Å². The molecule has 0 unspecified atom stereocenters. The van der Waals surface area contributed by atoms with Crippen LogP contribution in [0.4, 0.5) is 5.69 Å². The second-order valence-electron chi connectivity index (χ2n) is 8.45. The summed E-state index contributed by atoms with van der Waals surface area (Å²) in [7, 11) is 0. The fourth-order valence-corrected chi connectivity index (χ4v) is 4.49. The second-order valence-corrected chi connectivity index (χ2v) is 8.45. The van der Waals surface area contributed by atoms with Gasteiger partial charge in [-0.15, -0.1) is 0 Å². The van der Waals surface area contributed by atoms with E-state index in [2.05, 4.69) is 10.4 Å². The topological polar surface area (TPSA) is 93.5 Å². The van der Waals surface area contributed by atoms with Crippen LogP contribution in [-0.4, -0.2) is 45.8 Å². The second kappa shape index (κ2) is 8.17. The maximum absolute atomic E-state index is 13.7. The number of fused-ring (bicyclic) bond motifs is 1. The molecular weight excluding hydrogens is 396 g/mol. The van der Waals surface area contributed by atoms with E-state index < -0.39 is 11.5 Å². The Morgan fingerprint density at radius 1 is 1.26 bits per heavy atom. The lowest BCUT2D eigenvalue weighted by Gasteiger charge is -2.44. The van der Waals surface area contributed by atoms with Crippen molar-refractivity contribution in [3.63, 3.8) is 0 Å². The van der Waals surface area contributed by atoms with Crippen molar-refractivity contribution in [2.24, 2.45) is 0 Å². The van der Waals surface area contributed by atoms with Gasteiger partial charge >= 0.3 is 5.97 Å². The van der Waals surface area contributed by atoms with Crippen LogP contribution in [0, 0.1) is 6.92 Å². The van der Waals surface area contributed by atoms with Gasteiger partial charge in [-0.1, -0.05) is 31.0 Å². The smallest absolute Gasteiger partial charge is 0.358 e. The van der Waals surface area contributed by atoms with Crippen LogP contribution in [-0.2, 0) is 16.1 Å². The highest BCUT2D eigenvalue weighted by Gasteiger charge is 2.50. The standard InChI is InChI=1S/C23H28N4O4/c1-4-31-21(29)17-13-19-20(28)27(18-12-8-5-9-15(18)2)23(3,14-26(19)25-17)22(30)24-16-10-6-7-11-16/h5,8-9,12-13,16H,4,6-7,10-11,14H2,1-3H3,(H,24,30)/t23-/m1/s1. The lowest BCUT2D eigenvalue weighted by atomic mass is 9.92. The first kappa shape index (κ1) is 21.1. The Hall–Kier alpha value is -3.16. The SMILES string of the molecule is CCOC(=O)c1cc2n(n1)C[C@](C)(C(=O)NC1CCCC1)N(c1ccccc1C)C2=O. The zero-order valence-electron chi connectivity index (χ0n) is 18.2. The van der Waals surface area contributed by atoms with Crippen LogP contribution in [0.1, 0.15) is 66.1 Å². The highest BCUT2D eigenvalue weighted by Crippen LogP contribution is 2.35. The van der Waals surface area contributed by atoms with Crippen molar-refractivity contribution in [3.05, 3.63) is 47.3 Å². The maximum Gasteiger partial charge on any atom is 0.358 e. The number of aromatic nitrogens is 2. The third kappa shape index (κ3) is 3.71. The molecule has 0 bridgehead atoms. The van der Waals surface area contributed by atoms with Crippen molar-refractivity contribution in [1.29, 1.82) is 0 Å². The summed E-state index contributed by atoms with van der Waals surface area (Å²) in [5, 5.41) is 7.44. The van der Waals surface area contributed by atoms with Crippen molar-refractivity contribution in [2.75, 3.05) is 11.5 Å². The van der Waals surface area contributed by atoms with Gasteiger partial charge in [-0.2, -0.15) is 5.10 Å². The van der Waals surface area contributed by atoms with Gasteiger partial charge in [0.2, 0.25) is 5.91 Å². The van der Waals surface area contributed by atoms with Crippen molar-refractivity contribution in [1.82, 2.24) is 15.1 Å². The number of esters is 1. The quantitative estimate of drug-likeness (QED) is 0.745. The van der Waals surface area contributed by atoms with E-state index in [4.69, 9.17) is 4.74 Å². The van der Waals surface area contributed by atoms with Gasteiger partial charge in [0.15, 0.2) is 5.69 Å². The highest BCUT2D eigenvalue weighted by molar-refractivity contribution is 6.12. The molecule has 8 nitrogen and oxygen atoms in total. The van der Waals surface area contributed by atoms with E-state index in [-0.39, 0.29) is 42.4 Å². The summed E-state index contributed by atoms with van der Waals surface area (Å²) in [4.78, 5) is 40.9. The number of anilines is 1. The molecule has 1 aromatic heterocycles. The summed E-state index contributed by atoms with van der Waals surface area (Å²) in [5.74, 6) is -1.17. The van der Waals surface area contributed by atoms with Crippen LogP contribution >= 0.6 is 0 Å². The predicted molar refractivity (Wildman–Crippen MR) is 115 cm³/mol. The molecule has 8 heteroatoms. The minimum atomic E-state index is -1.20. The molecule has 1 aliphatic carbocycles. The van der Waals surface area contributed by atoms with Gasteiger partial charge in [-0.3, -0.25) is 19.2 Å². The number of hydrogen-bond donors (Lipinski definition) is 1. The van der Waals surface area contributed by atoms with Crippen LogP contribution in [0.2, 0.25) is 0 Å². The number of ether oxygens (including phenoxy) is 1. The minimum absolute atomic E-state index is 0.0652. The van der Waals surface area contributed by atoms with E-state index in [9.17, 15) is 14.4 Å². The summed E-state index contributed by atoms with van der Waals surface area (Å²) in [6, 6.07) is 9.06. The molecule has 2 aliphatic rings. The first-order chi connectivity index (χ1) is 14.8. The average molecular weight is 425 g/mol. The highest BCUT2D eigenvalue weighted by atomic mass is 16.5. The molecule has 4 rings (SSSR count). The minimum Gasteiger partial charge on any atom is -0.461 e. The predicted octanol–water partition coefficient (Wildman–Crippen LogP) is 2.85. The van der Waals surface area contributed by atoms with Crippen LogP contribution in [0.5, 0.6) is 0 Å². The zero-order valence-corrected chi connectivity index (χ0v) is 18.2. The molecule has 2 aromatic rings. The molecule has 1 aliphatic heterocycles. The molecule has 164 valence electrons. The number of carbonyl (C=O) groups excluding carboxylic acids is 3. The Labute approximate surface area is 181 Å². The van der Waals surface area contributed by atoms with E-state index >= 15 is 0 Å². The molecule has 0 radical (unpaired) electrons. The molecule has 2 amide bonds. The summed E-state index contributed by atoms with van der Waals surface area (Å²) in [6.45, 7) is 5.74. The van der Waals surface area contributed by atoms with E-state index in [0.717, 1.165) is 31.2 Å². The molecule has 1 fully saturated rings. The Bertz CT molecular complexity index is 1020. The van der Waals surface area contributed by atoms with E-state index in [1.807, 2.05) is 31.2 Å². The first-order valence-corrected chi connectivity index (χ1v) is 10.8. The van der Waals surface area contributed by atoms with Gasteiger partial charge < -0.3 is 10.1 Å². The van der Waals surface area contributed by atoms with E-state index in [1.54, 1.807) is 18.7 Å². The molecule has 0 spiro atoms. The number of nitrogens with one attached hydrogen (secondary N) is 1. The molecule has 1 N–H and O–H groups in total.